The van der Waals surface area contributed by atoms with Crippen LogP contribution in [-0.2, 0) is 14.3 Å². The van der Waals surface area contributed by atoms with E-state index < -0.39 is 0 Å². The Morgan fingerprint density at radius 2 is 1.88 bits per heavy atom. The van der Waals surface area contributed by atoms with Gasteiger partial charge in [0.05, 0.1) is 24.9 Å². The van der Waals surface area contributed by atoms with Gasteiger partial charge in [-0.1, -0.05) is 66.0 Å². The number of hydrogen-bond donors (Lipinski definition) is 0. The Kier molecular flexibility index (Phi) is 7.46. The highest BCUT2D eigenvalue weighted by Crippen LogP contribution is 2.35. The highest BCUT2D eigenvalue weighted by Gasteiger charge is 2.37. The maximum absolute atomic E-state index is 13.5. The van der Waals surface area contributed by atoms with Gasteiger partial charge in [0, 0.05) is 17.0 Å². The fourth-order valence-corrected chi connectivity index (χ4v) is 4.82. The molecule has 0 aromatic heterocycles. The average Bonchev–Trinajstić information content (AvgIpc) is 3.26. The molecule has 174 valence electrons. The molecule has 2 aromatic rings. The second-order valence-electron chi connectivity index (χ2n) is 8.63. The van der Waals surface area contributed by atoms with Crippen molar-refractivity contribution in [2.45, 2.75) is 51.6 Å². The first-order valence-corrected chi connectivity index (χ1v) is 12.0. The number of carbonyl (C=O) groups is 2. The number of hydrazone groups is 1. The lowest BCUT2D eigenvalue weighted by Gasteiger charge is -2.34. The predicted molar refractivity (Wildman–Crippen MR) is 129 cm³/mol. The second kappa shape index (κ2) is 10.5. The van der Waals surface area contributed by atoms with Crippen LogP contribution in [-0.4, -0.2) is 53.2 Å². The molecule has 2 heterocycles. The Hall–Kier alpha value is -2.70. The summed E-state index contributed by atoms with van der Waals surface area (Å²) < 4.78 is 5.26. The number of rotatable bonds is 6. The Bertz CT molecular complexity index is 1040. The van der Waals surface area contributed by atoms with E-state index in [0.29, 0.717) is 31.0 Å². The van der Waals surface area contributed by atoms with Crippen LogP contribution in [0, 0.1) is 6.92 Å². The van der Waals surface area contributed by atoms with E-state index in [-0.39, 0.29) is 30.5 Å². The average molecular weight is 468 g/mol. The number of benzene rings is 2. The highest BCUT2D eigenvalue weighted by atomic mass is 35.5. The quantitative estimate of drug-likeness (QED) is 0.575. The van der Waals surface area contributed by atoms with E-state index in [4.69, 9.17) is 21.4 Å². The van der Waals surface area contributed by atoms with Gasteiger partial charge in [-0.05, 0) is 44.9 Å². The Morgan fingerprint density at radius 1 is 1.12 bits per heavy atom. The second-order valence-corrected chi connectivity index (χ2v) is 9.04. The van der Waals surface area contributed by atoms with Crippen LogP contribution in [0.1, 0.15) is 55.3 Å². The predicted octanol–water partition coefficient (Wildman–Crippen LogP) is 4.74. The summed E-state index contributed by atoms with van der Waals surface area (Å²) in [6, 6.07) is 15.2. The standard InChI is InChI=1S/C26H30ClN3O3/c1-3-33-26(32)23-10-6-7-15-29(23)17-25(31)30-24(19-13-11-18(2)12-14-19)16-22(28-30)20-8-4-5-9-21(20)27/h4-5,8-9,11-14,23-24H,3,6-7,10,15-17H2,1-2H3/t23-,24+/m1/s1. The number of likely N-dealkylation sites (tertiary alicyclic amines) is 1. The molecule has 2 atom stereocenters. The van der Waals surface area contributed by atoms with E-state index >= 15 is 0 Å². The van der Waals surface area contributed by atoms with Gasteiger partial charge in [-0.2, -0.15) is 5.10 Å². The van der Waals surface area contributed by atoms with Gasteiger partial charge in [0.15, 0.2) is 0 Å². The topological polar surface area (TPSA) is 62.2 Å². The van der Waals surface area contributed by atoms with Gasteiger partial charge in [-0.15, -0.1) is 0 Å². The van der Waals surface area contributed by atoms with Crippen LogP contribution in [0.4, 0.5) is 0 Å². The maximum Gasteiger partial charge on any atom is 0.323 e. The van der Waals surface area contributed by atoms with Gasteiger partial charge < -0.3 is 4.74 Å². The summed E-state index contributed by atoms with van der Waals surface area (Å²) >= 11 is 6.44. The number of carbonyl (C=O) groups excluding carboxylic acids is 2. The van der Waals surface area contributed by atoms with Crippen molar-refractivity contribution in [2.24, 2.45) is 5.10 Å². The third kappa shape index (κ3) is 5.28. The molecule has 1 fully saturated rings. The third-order valence-electron chi connectivity index (χ3n) is 6.32. The van der Waals surface area contributed by atoms with Gasteiger partial charge >= 0.3 is 5.97 Å². The monoisotopic (exact) mass is 467 g/mol. The summed E-state index contributed by atoms with van der Waals surface area (Å²) in [7, 11) is 0. The van der Waals surface area contributed by atoms with Crippen LogP contribution in [0.25, 0.3) is 0 Å². The normalized spacial score (nSPS) is 21.1. The zero-order valence-corrected chi connectivity index (χ0v) is 19.9. The number of esters is 1. The zero-order chi connectivity index (χ0) is 23.4. The molecule has 0 spiro atoms. The smallest absolute Gasteiger partial charge is 0.323 e. The maximum atomic E-state index is 13.5. The lowest BCUT2D eigenvalue weighted by atomic mass is 9.97. The molecular weight excluding hydrogens is 438 g/mol. The number of piperidine rings is 1. The van der Waals surface area contributed by atoms with Crippen LogP contribution >= 0.6 is 11.6 Å². The number of nitrogens with zero attached hydrogens (tertiary/aromatic N) is 3. The van der Waals surface area contributed by atoms with Crippen LogP contribution in [0.2, 0.25) is 5.02 Å². The van der Waals surface area contributed by atoms with Crippen molar-refractivity contribution in [2.75, 3.05) is 19.7 Å². The van der Waals surface area contributed by atoms with Gasteiger partial charge in [0.2, 0.25) is 0 Å². The van der Waals surface area contributed by atoms with E-state index in [2.05, 4.69) is 0 Å². The summed E-state index contributed by atoms with van der Waals surface area (Å²) in [5.74, 6) is -0.374. The van der Waals surface area contributed by atoms with Crippen LogP contribution in [0.5, 0.6) is 0 Å². The lowest BCUT2D eigenvalue weighted by Crippen LogP contribution is -2.49. The zero-order valence-electron chi connectivity index (χ0n) is 19.2. The van der Waals surface area contributed by atoms with E-state index in [1.54, 1.807) is 11.9 Å². The largest absolute Gasteiger partial charge is 0.465 e. The SMILES string of the molecule is CCOC(=O)[C@H]1CCCCN1CC(=O)N1N=C(c2ccccc2Cl)C[C@H]1c1ccc(C)cc1. The summed E-state index contributed by atoms with van der Waals surface area (Å²) in [6.45, 7) is 5.01. The summed E-state index contributed by atoms with van der Waals surface area (Å²) in [5, 5.41) is 6.94. The fraction of sp³-hybridized carbons (Fsp3) is 0.423. The summed E-state index contributed by atoms with van der Waals surface area (Å²) in [5.41, 5.74) is 3.82. The number of amides is 1. The fourth-order valence-electron chi connectivity index (χ4n) is 4.58. The highest BCUT2D eigenvalue weighted by molar-refractivity contribution is 6.34. The molecule has 0 saturated carbocycles. The molecule has 0 bridgehead atoms. The summed E-state index contributed by atoms with van der Waals surface area (Å²) in [6.07, 6.45) is 3.21. The van der Waals surface area contributed by atoms with Crippen LogP contribution in [0.3, 0.4) is 0 Å². The van der Waals surface area contributed by atoms with Gasteiger partial charge in [-0.3, -0.25) is 14.5 Å². The molecule has 6 nitrogen and oxygen atoms in total. The molecule has 4 rings (SSSR count). The van der Waals surface area contributed by atoms with E-state index in [1.807, 2.05) is 60.4 Å². The Labute approximate surface area is 200 Å². The minimum Gasteiger partial charge on any atom is -0.465 e. The van der Waals surface area contributed by atoms with Crippen LogP contribution in [0.15, 0.2) is 53.6 Å². The van der Waals surface area contributed by atoms with Crippen molar-refractivity contribution in [3.8, 4) is 0 Å². The molecule has 1 saturated heterocycles. The van der Waals surface area contributed by atoms with Gasteiger partial charge in [0.25, 0.3) is 5.91 Å². The van der Waals surface area contributed by atoms with E-state index in [0.717, 1.165) is 35.2 Å². The molecule has 0 radical (unpaired) electrons. The molecule has 2 aromatic carbocycles. The number of ether oxygens (including phenoxy) is 1. The lowest BCUT2D eigenvalue weighted by molar-refractivity contribution is -0.152. The molecule has 0 aliphatic carbocycles. The Morgan fingerprint density at radius 3 is 2.61 bits per heavy atom. The summed E-state index contributed by atoms with van der Waals surface area (Å²) in [4.78, 5) is 28.0. The Balaban J connectivity index is 1.60. The first-order chi connectivity index (χ1) is 16.0. The van der Waals surface area contributed by atoms with E-state index in [1.165, 1.54) is 0 Å². The third-order valence-corrected chi connectivity index (χ3v) is 6.65. The molecule has 2 aliphatic rings. The van der Waals surface area contributed by atoms with E-state index in [9.17, 15) is 9.59 Å². The van der Waals surface area contributed by atoms with Crippen molar-refractivity contribution in [1.29, 1.82) is 0 Å². The van der Waals surface area contributed by atoms with Crippen molar-refractivity contribution in [1.82, 2.24) is 9.91 Å². The minimum atomic E-state index is -0.380. The first-order valence-electron chi connectivity index (χ1n) is 11.6. The molecular formula is C26H30ClN3O3. The minimum absolute atomic E-state index is 0.126. The van der Waals surface area contributed by atoms with Crippen molar-refractivity contribution in [3.05, 3.63) is 70.2 Å². The van der Waals surface area contributed by atoms with Crippen molar-refractivity contribution >= 4 is 29.2 Å². The van der Waals surface area contributed by atoms with Crippen LogP contribution < -0.4 is 0 Å². The van der Waals surface area contributed by atoms with Gasteiger partial charge in [0.1, 0.15) is 6.04 Å². The number of hydrogen-bond acceptors (Lipinski definition) is 5. The van der Waals surface area contributed by atoms with Crippen molar-refractivity contribution in [3.63, 3.8) is 0 Å². The molecule has 2 aliphatic heterocycles. The van der Waals surface area contributed by atoms with Crippen molar-refractivity contribution < 1.29 is 14.3 Å². The first kappa shape index (κ1) is 23.5. The number of aryl methyl sites for hydroxylation is 1. The molecule has 7 heteroatoms. The molecule has 1 amide bonds. The molecule has 0 unspecified atom stereocenters. The number of halogens is 1. The van der Waals surface area contributed by atoms with Gasteiger partial charge in [-0.25, -0.2) is 5.01 Å². The molecule has 33 heavy (non-hydrogen) atoms. The molecule has 0 N–H and O–H groups in total.